The molecule has 1 aromatic rings. The third kappa shape index (κ3) is 2.85. The van der Waals surface area contributed by atoms with E-state index in [1.54, 1.807) is 0 Å². The van der Waals surface area contributed by atoms with Crippen LogP contribution in [0.3, 0.4) is 0 Å². The summed E-state index contributed by atoms with van der Waals surface area (Å²) in [6, 6.07) is 7.84. The number of ketones is 1. The predicted molar refractivity (Wildman–Crippen MR) is 66.7 cm³/mol. The molecule has 0 aromatic heterocycles. The van der Waals surface area contributed by atoms with Gasteiger partial charge < -0.3 is 0 Å². The molecule has 1 saturated carbocycles. The highest BCUT2D eigenvalue weighted by atomic mass is 35.5. The molecule has 2 heteroatoms. The number of rotatable bonds is 2. The molecule has 1 aromatic carbocycles. The van der Waals surface area contributed by atoms with E-state index in [1.807, 2.05) is 18.2 Å². The first kappa shape index (κ1) is 11.7. The first-order valence-corrected chi connectivity index (χ1v) is 6.30. The SMILES string of the molecule is CC1CCC(=O)C(Cc2cccc(Cl)c2)C1. The molecule has 1 aliphatic rings. The van der Waals surface area contributed by atoms with Gasteiger partial charge in [0.1, 0.15) is 5.78 Å². The summed E-state index contributed by atoms with van der Waals surface area (Å²) in [5.74, 6) is 1.32. The van der Waals surface area contributed by atoms with E-state index in [0.29, 0.717) is 11.7 Å². The lowest BCUT2D eigenvalue weighted by Gasteiger charge is -2.25. The Hall–Kier alpha value is -0.820. The van der Waals surface area contributed by atoms with E-state index in [0.717, 1.165) is 30.7 Å². The maximum absolute atomic E-state index is 11.8. The normalized spacial score (nSPS) is 25.8. The molecule has 2 rings (SSSR count). The van der Waals surface area contributed by atoms with Gasteiger partial charge >= 0.3 is 0 Å². The summed E-state index contributed by atoms with van der Waals surface area (Å²) in [7, 11) is 0. The minimum atomic E-state index is 0.210. The number of carbonyl (C=O) groups is 1. The van der Waals surface area contributed by atoms with E-state index in [-0.39, 0.29) is 5.92 Å². The molecule has 86 valence electrons. The van der Waals surface area contributed by atoms with Gasteiger partial charge in [-0.15, -0.1) is 0 Å². The van der Waals surface area contributed by atoms with Crippen LogP contribution in [-0.4, -0.2) is 5.78 Å². The number of hydrogen-bond donors (Lipinski definition) is 0. The summed E-state index contributed by atoms with van der Waals surface area (Å²) in [4.78, 5) is 11.8. The van der Waals surface area contributed by atoms with Crippen LogP contribution >= 0.6 is 11.6 Å². The van der Waals surface area contributed by atoms with Crippen LogP contribution in [0, 0.1) is 11.8 Å². The number of Topliss-reactive ketones (excluding diaryl/α,β-unsaturated/α-hetero) is 1. The van der Waals surface area contributed by atoms with E-state index in [2.05, 4.69) is 13.0 Å². The van der Waals surface area contributed by atoms with E-state index >= 15 is 0 Å². The zero-order valence-corrected chi connectivity index (χ0v) is 10.3. The van der Waals surface area contributed by atoms with Crippen molar-refractivity contribution in [2.45, 2.75) is 32.6 Å². The van der Waals surface area contributed by atoms with Gasteiger partial charge in [-0.1, -0.05) is 30.7 Å². The van der Waals surface area contributed by atoms with Gasteiger partial charge in [-0.2, -0.15) is 0 Å². The van der Waals surface area contributed by atoms with Crippen LogP contribution in [0.5, 0.6) is 0 Å². The zero-order valence-electron chi connectivity index (χ0n) is 9.58. The molecular formula is C14H17ClO. The third-order valence-corrected chi connectivity index (χ3v) is 3.63. The molecule has 0 amide bonds. The van der Waals surface area contributed by atoms with Crippen molar-refractivity contribution >= 4 is 17.4 Å². The summed E-state index contributed by atoms with van der Waals surface area (Å²) in [6.45, 7) is 2.23. The van der Waals surface area contributed by atoms with E-state index in [9.17, 15) is 4.79 Å². The lowest BCUT2D eigenvalue weighted by Crippen LogP contribution is -2.25. The topological polar surface area (TPSA) is 17.1 Å². The van der Waals surface area contributed by atoms with Crippen molar-refractivity contribution in [3.8, 4) is 0 Å². The van der Waals surface area contributed by atoms with Crippen molar-refractivity contribution in [2.75, 3.05) is 0 Å². The lowest BCUT2D eigenvalue weighted by molar-refractivity contribution is -0.125. The van der Waals surface area contributed by atoms with Gasteiger partial charge in [-0.05, 0) is 42.9 Å². The van der Waals surface area contributed by atoms with Crippen LogP contribution < -0.4 is 0 Å². The van der Waals surface area contributed by atoms with Crippen LogP contribution in [0.15, 0.2) is 24.3 Å². The highest BCUT2D eigenvalue weighted by Gasteiger charge is 2.26. The van der Waals surface area contributed by atoms with Gasteiger partial charge in [0.2, 0.25) is 0 Å². The Morgan fingerprint density at radius 2 is 2.25 bits per heavy atom. The molecule has 1 fully saturated rings. The molecule has 0 bridgehead atoms. The Balaban J connectivity index is 2.05. The fraction of sp³-hybridized carbons (Fsp3) is 0.500. The Bertz CT molecular complexity index is 386. The van der Waals surface area contributed by atoms with Gasteiger partial charge in [0.05, 0.1) is 0 Å². The van der Waals surface area contributed by atoms with Crippen molar-refractivity contribution in [1.82, 2.24) is 0 Å². The fourth-order valence-corrected chi connectivity index (χ4v) is 2.69. The number of hydrogen-bond acceptors (Lipinski definition) is 1. The van der Waals surface area contributed by atoms with Crippen LogP contribution in [0.2, 0.25) is 5.02 Å². The van der Waals surface area contributed by atoms with Crippen molar-refractivity contribution in [2.24, 2.45) is 11.8 Å². The average Bonchev–Trinajstić information content (AvgIpc) is 2.24. The molecule has 0 heterocycles. The lowest BCUT2D eigenvalue weighted by atomic mass is 9.78. The number of halogens is 1. The van der Waals surface area contributed by atoms with Crippen LogP contribution in [0.4, 0.5) is 0 Å². The number of benzene rings is 1. The summed E-state index contributed by atoms with van der Waals surface area (Å²) >= 11 is 5.94. The average molecular weight is 237 g/mol. The molecule has 0 spiro atoms. The molecule has 0 saturated heterocycles. The molecule has 0 N–H and O–H groups in total. The smallest absolute Gasteiger partial charge is 0.136 e. The summed E-state index contributed by atoms with van der Waals surface area (Å²) in [5.41, 5.74) is 1.18. The van der Waals surface area contributed by atoms with E-state index in [1.165, 1.54) is 5.56 Å². The fourth-order valence-electron chi connectivity index (χ4n) is 2.47. The largest absolute Gasteiger partial charge is 0.299 e. The van der Waals surface area contributed by atoms with Crippen molar-refractivity contribution < 1.29 is 4.79 Å². The first-order valence-electron chi connectivity index (χ1n) is 5.92. The van der Waals surface area contributed by atoms with E-state index in [4.69, 9.17) is 11.6 Å². The van der Waals surface area contributed by atoms with Gasteiger partial charge in [0.15, 0.2) is 0 Å². The van der Waals surface area contributed by atoms with E-state index < -0.39 is 0 Å². The summed E-state index contributed by atoms with van der Waals surface area (Å²) < 4.78 is 0. The highest BCUT2D eigenvalue weighted by Crippen LogP contribution is 2.28. The maximum atomic E-state index is 11.8. The van der Waals surface area contributed by atoms with Gasteiger partial charge in [0.25, 0.3) is 0 Å². The van der Waals surface area contributed by atoms with Gasteiger partial charge in [-0.3, -0.25) is 4.79 Å². The minimum absolute atomic E-state index is 0.210. The summed E-state index contributed by atoms with van der Waals surface area (Å²) in [5, 5.41) is 0.758. The van der Waals surface area contributed by atoms with Crippen LogP contribution in [0.1, 0.15) is 31.7 Å². The standard InChI is InChI=1S/C14H17ClO/c1-10-5-6-14(16)12(7-10)8-11-3-2-4-13(15)9-11/h2-4,9-10,12H,5-8H2,1H3. The molecule has 0 radical (unpaired) electrons. The third-order valence-electron chi connectivity index (χ3n) is 3.40. The number of carbonyl (C=O) groups excluding carboxylic acids is 1. The van der Waals surface area contributed by atoms with Crippen LogP contribution in [-0.2, 0) is 11.2 Å². The monoisotopic (exact) mass is 236 g/mol. The Morgan fingerprint density at radius 3 is 3.00 bits per heavy atom. The highest BCUT2D eigenvalue weighted by molar-refractivity contribution is 6.30. The molecular weight excluding hydrogens is 220 g/mol. The molecule has 1 nitrogen and oxygen atoms in total. The Morgan fingerprint density at radius 1 is 1.44 bits per heavy atom. The predicted octanol–water partition coefficient (Wildman–Crippen LogP) is 3.89. The quantitative estimate of drug-likeness (QED) is 0.762. The second-order valence-electron chi connectivity index (χ2n) is 4.88. The summed E-state index contributed by atoms with van der Waals surface area (Å²) in [6.07, 6.45) is 3.70. The van der Waals surface area contributed by atoms with Gasteiger partial charge in [0, 0.05) is 17.4 Å². The van der Waals surface area contributed by atoms with Crippen molar-refractivity contribution in [1.29, 1.82) is 0 Å². The molecule has 2 atom stereocenters. The van der Waals surface area contributed by atoms with Crippen molar-refractivity contribution in [3.63, 3.8) is 0 Å². The Kier molecular flexibility index (Phi) is 3.65. The molecule has 16 heavy (non-hydrogen) atoms. The molecule has 1 aliphatic carbocycles. The van der Waals surface area contributed by atoms with Gasteiger partial charge in [-0.25, -0.2) is 0 Å². The second kappa shape index (κ2) is 5.01. The first-order chi connectivity index (χ1) is 7.65. The zero-order chi connectivity index (χ0) is 11.5. The minimum Gasteiger partial charge on any atom is -0.299 e. The molecule has 0 aliphatic heterocycles. The van der Waals surface area contributed by atoms with Crippen molar-refractivity contribution in [3.05, 3.63) is 34.9 Å². The second-order valence-corrected chi connectivity index (χ2v) is 5.31. The van der Waals surface area contributed by atoms with Crippen LogP contribution in [0.25, 0.3) is 0 Å². The maximum Gasteiger partial charge on any atom is 0.136 e. The Labute approximate surface area is 102 Å². The molecule has 2 unspecified atom stereocenters.